The minimum Gasteiger partial charge on any atom is -0.493 e. The van der Waals surface area contributed by atoms with Gasteiger partial charge < -0.3 is 19.7 Å². The van der Waals surface area contributed by atoms with Crippen molar-refractivity contribution in [1.29, 1.82) is 0 Å². The zero-order valence-electron chi connectivity index (χ0n) is 23.0. The number of likely N-dealkylation sites (N-methyl/N-ethyl adjacent to an activating group) is 1. The molecule has 0 aliphatic heterocycles. The van der Waals surface area contributed by atoms with Crippen LogP contribution in [0.5, 0.6) is 11.5 Å². The summed E-state index contributed by atoms with van der Waals surface area (Å²) in [5.74, 6) is -0.994. The maximum atomic E-state index is 13.9. The summed E-state index contributed by atoms with van der Waals surface area (Å²) in [6.45, 7) is 1.34. The number of methoxy groups -OCH3 is 2. The molecule has 0 saturated carbocycles. The summed E-state index contributed by atoms with van der Waals surface area (Å²) in [4.78, 5) is 27.8. The summed E-state index contributed by atoms with van der Waals surface area (Å²) in [7, 11) is -0.0624. The summed E-state index contributed by atoms with van der Waals surface area (Å²) in [5.41, 5.74) is 1.04. The molecular formula is C29H34FN3O6S. The van der Waals surface area contributed by atoms with E-state index in [9.17, 15) is 22.4 Å². The minimum atomic E-state index is -4.35. The number of anilines is 1. The molecule has 1 atom stereocenters. The van der Waals surface area contributed by atoms with Crippen molar-refractivity contribution in [3.05, 3.63) is 84.2 Å². The van der Waals surface area contributed by atoms with Gasteiger partial charge >= 0.3 is 0 Å². The summed E-state index contributed by atoms with van der Waals surface area (Å²) < 4.78 is 53.0. The number of sulfonamides is 1. The summed E-state index contributed by atoms with van der Waals surface area (Å²) in [5, 5.41) is 2.59. The first-order valence-corrected chi connectivity index (χ1v) is 14.2. The van der Waals surface area contributed by atoms with Gasteiger partial charge in [0.05, 0.1) is 24.8 Å². The fraction of sp³-hybridized carbons (Fsp3) is 0.310. The second-order valence-corrected chi connectivity index (χ2v) is 10.7. The Labute approximate surface area is 234 Å². The number of rotatable bonds is 13. The third kappa shape index (κ3) is 7.09. The molecule has 9 nitrogen and oxygen atoms in total. The number of nitrogens with zero attached hydrogens (tertiary/aromatic N) is 2. The zero-order valence-corrected chi connectivity index (χ0v) is 23.8. The summed E-state index contributed by atoms with van der Waals surface area (Å²) in [6.07, 6.45) is 0.776. The van der Waals surface area contributed by atoms with E-state index in [1.807, 2.05) is 30.3 Å². The zero-order chi connectivity index (χ0) is 29.3. The Morgan fingerprint density at radius 2 is 1.60 bits per heavy atom. The smallest absolute Gasteiger partial charge is 0.264 e. The molecule has 11 heteroatoms. The van der Waals surface area contributed by atoms with Gasteiger partial charge in [-0.1, -0.05) is 37.3 Å². The van der Waals surface area contributed by atoms with Gasteiger partial charge in [0, 0.05) is 19.7 Å². The van der Waals surface area contributed by atoms with Crippen LogP contribution in [0.3, 0.4) is 0 Å². The van der Waals surface area contributed by atoms with Gasteiger partial charge in [0.25, 0.3) is 10.0 Å². The third-order valence-electron chi connectivity index (χ3n) is 6.45. The topological polar surface area (TPSA) is 105 Å². The van der Waals surface area contributed by atoms with Crippen molar-refractivity contribution in [1.82, 2.24) is 10.2 Å². The molecule has 2 amide bonds. The maximum absolute atomic E-state index is 13.9. The van der Waals surface area contributed by atoms with Crippen molar-refractivity contribution in [3.63, 3.8) is 0 Å². The first-order chi connectivity index (χ1) is 19.2. The highest BCUT2D eigenvalue weighted by Crippen LogP contribution is 2.32. The summed E-state index contributed by atoms with van der Waals surface area (Å²) >= 11 is 0. The molecule has 3 rings (SSSR count). The molecule has 3 aromatic rings. The molecule has 0 aliphatic carbocycles. The molecule has 0 spiro atoms. The van der Waals surface area contributed by atoms with Gasteiger partial charge in [0.1, 0.15) is 18.4 Å². The van der Waals surface area contributed by atoms with Crippen LogP contribution in [0.25, 0.3) is 0 Å². The lowest BCUT2D eigenvalue weighted by atomic mass is 10.1. The van der Waals surface area contributed by atoms with Crippen molar-refractivity contribution in [2.75, 3.05) is 38.7 Å². The fourth-order valence-electron chi connectivity index (χ4n) is 4.30. The Hall–Kier alpha value is -4.12. The van der Waals surface area contributed by atoms with Gasteiger partial charge in [-0.25, -0.2) is 12.8 Å². The van der Waals surface area contributed by atoms with E-state index < -0.39 is 34.3 Å². The lowest BCUT2D eigenvalue weighted by Gasteiger charge is -2.33. The predicted octanol–water partition coefficient (Wildman–Crippen LogP) is 3.63. The molecule has 3 aromatic carbocycles. The minimum absolute atomic E-state index is 0.0838. The number of hydrogen-bond acceptors (Lipinski definition) is 6. The lowest BCUT2D eigenvalue weighted by molar-refractivity contribution is -0.139. The lowest BCUT2D eigenvalue weighted by Crippen LogP contribution is -2.52. The first kappa shape index (κ1) is 30.4. The van der Waals surface area contributed by atoms with E-state index in [2.05, 4.69) is 5.32 Å². The van der Waals surface area contributed by atoms with Crippen LogP contribution >= 0.6 is 0 Å². The average molecular weight is 572 g/mol. The van der Waals surface area contributed by atoms with Crippen LogP contribution in [-0.4, -0.2) is 65.5 Å². The monoisotopic (exact) mass is 571 g/mol. The number of ether oxygens (including phenoxy) is 2. The van der Waals surface area contributed by atoms with Crippen molar-refractivity contribution in [3.8, 4) is 11.5 Å². The SMILES string of the molecule is CC[C@H](C(=O)NC)N(CCc1ccccc1)C(=O)CN(c1ccc(F)cc1)S(=O)(=O)c1ccc(OC)c(OC)c1. The first-order valence-electron chi connectivity index (χ1n) is 12.7. The normalized spacial score (nSPS) is 11.8. The van der Waals surface area contributed by atoms with Crippen LogP contribution < -0.4 is 19.1 Å². The van der Waals surface area contributed by atoms with Crippen molar-refractivity contribution in [2.45, 2.75) is 30.7 Å². The van der Waals surface area contributed by atoms with E-state index in [-0.39, 0.29) is 28.8 Å². The van der Waals surface area contributed by atoms with E-state index in [1.54, 1.807) is 6.92 Å². The van der Waals surface area contributed by atoms with E-state index in [0.717, 1.165) is 22.0 Å². The molecule has 214 valence electrons. The van der Waals surface area contributed by atoms with Crippen molar-refractivity contribution >= 4 is 27.5 Å². The molecule has 0 heterocycles. The van der Waals surface area contributed by atoms with Crippen LogP contribution in [0.15, 0.2) is 77.7 Å². The number of amides is 2. The molecule has 0 fully saturated rings. The van der Waals surface area contributed by atoms with Gasteiger partial charge in [-0.3, -0.25) is 13.9 Å². The molecule has 0 radical (unpaired) electrons. The van der Waals surface area contributed by atoms with Crippen LogP contribution in [0.2, 0.25) is 0 Å². The number of carbonyl (C=O) groups excluding carboxylic acids is 2. The Morgan fingerprint density at radius 1 is 0.950 bits per heavy atom. The van der Waals surface area contributed by atoms with E-state index >= 15 is 0 Å². The predicted molar refractivity (Wildman–Crippen MR) is 150 cm³/mol. The number of benzene rings is 3. The average Bonchev–Trinajstić information content (AvgIpc) is 2.98. The van der Waals surface area contributed by atoms with Gasteiger partial charge in [-0.05, 0) is 54.8 Å². The van der Waals surface area contributed by atoms with Crippen LogP contribution in [-0.2, 0) is 26.0 Å². The third-order valence-corrected chi connectivity index (χ3v) is 8.22. The Kier molecular flexibility index (Phi) is 10.5. The van der Waals surface area contributed by atoms with Crippen molar-refractivity contribution in [2.24, 2.45) is 0 Å². The largest absolute Gasteiger partial charge is 0.493 e. The maximum Gasteiger partial charge on any atom is 0.264 e. The molecule has 1 N–H and O–H groups in total. The molecule has 40 heavy (non-hydrogen) atoms. The molecule has 0 saturated heterocycles. The molecule has 0 aliphatic rings. The van der Waals surface area contributed by atoms with E-state index in [1.165, 1.54) is 56.5 Å². The Morgan fingerprint density at radius 3 is 2.17 bits per heavy atom. The van der Waals surface area contributed by atoms with Gasteiger partial charge in [0.2, 0.25) is 11.8 Å². The van der Waals surface area contributed by atoms with E-state index in [0.29, 0.717) is 18.6 Å². The quantitative estimate of drug-likeness (QED) is 0.336. The molecular weight excluding hydrogens is 537 g/mol. The second kappa shape index (κ2) is 13.8. The van der Waals surface area contributed by atoms with Crippen molar-refractivity contribution < 1.29 is 31.9 Å². The molecule has 0 unspecified atom stereocenters. The fourth-order valence-corrected chi connectivity index (χ4v) is 5.73. The van der Waals surface area contributed by atoms with Crippen LogP contribution in [0.1, 0.15) is 18.9 Å². The number of halogens is 1. The number of hydrogen-bond donors (Lipinski definition) is 1. The van der Waals surface area contributed by atoms with Crippen LogP contribution in [0, 0.1) is 5.82 Å². The Balaban J connectivity index is 2.04. The molecule has 0 aromatic heterocycles. The standard InChI is InChI=1S/C29H34FN3O6S/c1-5-25(29(35)31-2)32(18-17-21-9-7-6-8-10-21)28(34)20-33(23-13-11-22(30)12-14-23)40(36,37)24-15-16-26(38-3)27(19-24)39-4/h6-16,19,25H,5,17-18,20H2,1-4H3,(H,31,35)/t25-/m1/s1. The second-order valence-electron chi connectivity index (χ2n) is 8.87. The Bertz CT molecular complexity index is 1400. The highest BCUT2D eigenvalue weighted by atomic mass is 32.2. The van der Waals surface area contributed by atoms with E-state index in [4.69, 9.17) is 9.47 Å². The number of nitrogens with one attached hydrogen (secondary N) is 1. The van der Waals surface area contributed by atoms with Crippen LogP contribution in [0.4, 0.5) is 10.1 Å². The van der Waals surface area contributed by atoms with Gasteiger partial charge in [0.15, 0.2) is 11.5 Å². The van der Waals surface area contributed by atoms with Gasteiger partial charge in [-0.2, -0.15) is 0 Å². The highest BCUT2D eigenvalue weighted by molar-refractivity contribution is 7.92. The number of carbonyl (C=O) groups is 2. The van der Waals surface area contributed by atoms with Gasteiger partial charge in [-0.15, -0.1) is 0 Å². The highest BCUT2D eigenvalue weighted by Gasteiger charge is 2.33. The summed E-state index contributed by atoms with van der Waals surface area (Å²) in [6, 6.07) is 17.5. The molecule has 0 bridgehead atoms.